The Balaban J connectivity index is 1.27. The molecule has 1 amide bonds. The van der Waals surface area contributed by atoms with Crippen molar-refractivity contribution in [2.24, 2.45) is 0 Å². The number of hydrogen-bond donors (Lipinski definition) is 2. The topological polar surface area (TPSA) is 62.3 Å². The Hall–Kier alpha value is -3.74. The predicted molar refractivity (Wildman–Crippen MR) is 121 cm³/mol. The fourth-order valence-electron chi connectivity index (χ4n) is 5.12. The van der Waals surface area contributed by atoms with E-state index in [2.05, 4.69) is 39.3 Å². The van der Waals surface area contributed by atoms with E-state index in [0.29, 0.717) is 24.2 Å². The number of aromatic amines is 1. The van der Waals surface area contributed by atoms with Crippen LogP contribution in [0, 0.1) is 5.82 Å². The molecule has 6 nitrogen and oxygen atoms in total. The first-order valence-electron chi connectivity index (χ1n) is 10.8. The van der Waals surface area contributed by atoms with Gasteiger partial charge in [-0.1, -0.05) is 0 Å². The number of anilines is 1. The highest BCUT2D eigenvalue weighted by atomic mass is 19.1. The largest absolute Gasteiger partial charge is 0.497 e. The number of carbonyl (C=O) groups is 1. The highest BCUT2D eigenvalue weighted by Gasteiger charge is 2.42. The molecule has 2 aliphatic rings. The van der Waals surface area contributed by atoms with Crippen molar-refractivity contribution < 1.29 is 13.9 Å². The Kier molecular flexibility index (Phi) is 4.08. The first kappa shape index (κ1) is 19.0. The average Bonchev–Trinajstić information content (AvgIpc) is 3.46. The molecule has 6 rings (SSSR count). The standard InChI is InChI=1S/C25H23FN4O2/c1-32-18-5-7-22-20(15-18)28-25(23-3-2-10-30(22)23)8-11-29(12-9-25)24(31)21-14-16-13-17(26)4-6-19(16)27-21/h2-7,10,13-15,27-28H,8-9,11-12H2,1H3. The molecule has 0 atom stereocenters. The minimum absolute atomic E-state index is 0.0512. The van der Waals surface area contributed by atoms with Gasteiger partial charge in [0.05, 0.1) is 24.0 Å². The molecule has 0 radical (unpaired) electrons. The number of amides is 1. The monoisotopic (exact) mass is 430 g/mol. The first-order chi connectivity index (χ1) is 15.6. The molecule has 4 heterocycles. The van der Waals surface area contributed by atoms with Crippen LogP contribution in [-0.2, 0) is 5.54 Å². The van der Waals surface area contributed by atoms with Crippen molar-refractivity contribution in [3.63, 3.8) is 0 Å². The fraction of sp³-hybridized carbons (Fsp3) is 0.240. The molecule has 2 aromatic carbocycles. The van der Waals surface area contributed by atoms with E-state index >= 15 is 0 Å². The maximum Gasteiger partial charge on any atom is 0.270 e. The van der Waals surface area contributed by atoms with Crippen LogP contribution in [0.25, 0.3) is 16.6 Å². The SMILES string of the molecule is COc1ccc2c(c1)NC1(CCN(C(=O)c3cc4cc(F)ccc4[nH]3)CC1)c1cccn1-2. The smallest absolute Gasteiger partial charge is 0.270 e. The van der Waals surface area contributed by atoms with Crippen LogP contribution in [0.1, 0.15) is 29.0 Å². The Morgan fingerprint density at radius 2 is 1.94 bits per heavy atom. The summed E-state index contributed by atoms with van der Waals surface area (Å²) in [5.41, 5.74) is 4.36. The second-order valence-corrected chi connectivity index (χ2v) is 8.56. The summed E-state index contributed by atoms with van der Waals surface area (Å²) in [6.07, 6.45) is 3.66. The number of nitrogens with one attached hydrogen (secondary N) is 2. The molecule has 4 aromatic rings. The number of rotatable bonds is 2. The van der Waals surface area contributed by atoms with Crippen LogP contribution in [0.2, 0.25) is 0 Å². The van der Waals surface area contributed by atoms with Crippen molar-refractivity contribution >= 4 is 22.5 Å². The molecule has 32 heavy (non-hydrogen) atoms. The van der Waals surface area contributed by atoms with Gasteiger partial charge in [0.15, 0.2) is 0 Å². The van der Waals surface area contributed by atoms with Crippen molar-refractivity contribution in [3.05, 3.63) is 78.0 Å². The van der Waals surface area contributed by atoms with E-state index in [1.54, 1.807) is 19.2 Å². The molecule has 7 heteroatoms. The number of halogens is 1. The molecule has 2 N–H and O–H groups in total. The summed E-state index contributed by atoms with van der Waals surface area (Å²) in [4.78, 5) is 18.2. The zero-order valence-corrected chi connectivity index (χ0v) is 17.7. The number of benzene rings is 2. The van der Waals surface area contributed by atoms with E-state index in [0.717, 1.165) is 35.5 Å². The van der Waals surface area contributed by atoms with E-state index in [9.17, 15) is 9.18 Å². The quantitative estimate of drug-likeness (QED) is 0.486. The lowest BCUT2D eigenvalue weighted by molar-refractivity contribution is 0.0671. The number of hydrogen-bond acceptors (Lipinski definition) is 3. The highest BCUT2D eigenvalue weighted by molar-refractivity contribution is 5.98. The van der Waals surface area contributed by atoms with E-state index in [1.807, 2.05) is 17.0 Å². The average molecular weight is 430 g/mol. The third kappa shape index (κ3) is 2.81. The summed E-state index contributed by atoms with van der Waals surface area (Å²) in [5, 5.41) is 4.48. The molecular weight excluding hydrogens is 407 g/mol. The van der Waals surface area contributed by atoms with Gasteiger partial charge in [-0.2, -0.15) is 0 Å². The number of nitrogens with zero attached hydrogens (tertiary/aromatic N) is 2. The van der Waals surface area contributed by atoms with Gasteiger partial charge in [-0.3, -0.25) is 4.79 Å². The van der Waals surface area contributed by atoms with E-state index < -0.39 is 0 Å². The molecule has 0 aliphatic carbocycles. The fourth-order valence-corrected chi connectivity index (χ4v) is 5.12. The molecule has 0 bridgehead atoms. The third-order valence-electron chi connectivity index (χ3n) is 6.79. The van der Waals surface area contributed by atoms with Gasteiger partial charge in [-0.25, -0.2) is 4.39 Å². The third-order valence-corrected chi connectivity index (χ3v) is 6.79. The van der Waals surface area contributed by atoms with Crippen LogP contribution >= 0.6 is 0 Å². The second kappa shape index (κ2) is 6.88. The van der Waals surface area contributed by atoms with Crippen LogP contribution in [-0.4, -0.2) is 40.6 Å². The Bertz CT molecular complexity index is 1350. The summed E-state index contributed by atoms with van der Waals surface area (Å²) in [6.45, 7) is 1.25. The van der Waals surface area contributed by atoms with E-state index in [-0.39, 0.29) is 17.3 Å². The molecule has 1 saturated heterocycles. The highest BCUT2D eigenvalue weighted by Crippen LogP contribution is 2.44. The van der Waals surface area contributed by atoms with Gasteiger partial charge >= 0.3 is 0 Å². The van der Waals surface area contributed by atoms with Gasteiger partial charge in [-0.15, -0.1) is 0 Å². The normalized spacial score (nSPS) is 16.5. The van der Waals surface area contributed by atoms with Crippen LogP contribution in [0.3, 0.4) is 0 Å². The molecule has 162 valence electrons. The minimum atomic E-state index is -0.307. The lowest BCUT2D eigenvalue weighted by Crippen LogP contribution is -2.51. The van der Waals surface area contributed by atoms with Gasteiger partial charge in [-0.05, 0) is 61.4 Å². The molecule has 1 spiro atoms. The zero-order valence-electron chi connectivity index (χ0n) is 17.7. The van der Waals surface area contributed by atoms with E-state index in [1.165, 1.54) is 17.8 Å². The Morgan fingerprint density at radius 1 is 1.09 bits per heavy atom. The minimum Gasteiger partial charge on any atom is -0.497 e. The van der Waals surface area contributed by atoms with Crippen molar-refractivity contribution in [3.8, 4) is 11.4 Å². The second-order valence-electron chi connectivity index (χ2n) is 8.56. The predicted octanol–water partition coefficient (Wildman–Crippen LogP) is 4.66. The zero-order chi connectivity index (χ0) is 21.9. The molecule has 2 aliphatic heterocycles. The van der Waals surface area contributed by atoms with Crippen LogP contribution in [0.4, 0.5) is 10.1 Å². The number of ether oxygens (including phenoxy) is 1. The Morgan fingerprint density at radius 3 is 2.75 bits per heavy atom. The summed E-state index contributed by atoms with van der Waals surface area (Å²) < 4.78 is 21.2. The van der Waals surface area contributed by atoms with Crippen LogP contribution in [0.15, 0.2) is 60.8 Å². The van der Waals surface area contributed by atoms with Crippen LogP contribution in [0.5, 0.6) is 5.75 Å². The van der Waals surface area contributed by atoms with Gasteiger partial charge in [0, 0.05) is 41.9 Å². The maximum absolute atomic E-state index is 13.5. The number of likely N-dealkylation sites (tertiary alicyclic amines) is 1. The lowest BCUT2D eigenvalue weighted by Gasteiger charge is -2.46. The number of methoxy groups -OCH3 is 1. The van der Waals surface area contributed by atoms with Gasteiger partial charge in [0.1, 0.15) is 17.3 Å². The molecule has 2 aromatic heterocycles. The van der Waals surface area contributed by atoms with Crippen LogP contribution < -0.4 is 10.1 Å². The van der Waals surface area contributed by atoms with E-state index in [4.69, 9.17) is 4.74 Å². The summed E-state index contributed by atoms with van der Waals surface area (Å²) in [7, 11) is 1.67. The summed E-state index contributed by atoms with van der Waals surface area (Å²) in [5.74, 6) is 0.452. The number of carbonyl (C=O) groups excluding carboxylic acids is 1. The van der Waals surface area contributed by atoms with Crippen molar-refractivity contribution in [2.75, 3.05) is 25.5 Å². The van der Waals surface area contributed by atoms with Crippen molar-refractivity contribution in [2.45, 2.75) is 18.4 Å². The number of H-pyrrole nitrogens is 1. The molecule has 0 unspecified atom stereocenters. The lowest BCUT2D eigenvalue weighted by atomic mass is 9.82. The van der Waals surface area contributed by atoms with Crippen molar-refractivity contribution in [1.82, 2.24) is 14.5 Å². The number of fused-ring (bicyclic) bond motifs is 5. The molecular formula is C25H23FN4O2. The first-order valence-corrected chi connectivity index (χ1v) is 10.8. The summed E-state index contributed by atoms with van der Waals surface area (Å²) in [6, 6.07) is 16.5. The van der Waals surface area contributed by atoms with Gasteiger partial charge in [0.25, 0.3) is 5.91 Å². The van der Waals surface area contributed by atoms with Gasteiger partial charge < -0.3 is 24.5 Å². The summed E-state index contributed by atoms with van der Waals surface area (Å²) >= 11 is 0. The molecule has 1 fully saturated rings. The van der Waals surface area contributed by atoms with Gasteiger partial charge in [0.2, 0.25) is 0 Å². The molecule has 0 saturated carbocycles. The number of aromatic nitrogens is 2. The van der Waals surface area contributed by atoms with Crippen molar-refractivity contribution in [1.29, 1.82) is 0 Å². The number of piperidine rings is 1. The maximum atomic E-state index is 13.5. The Labute approximate surface area is 184 Å².